The molecular weight excluding hydrogens is 484 g/mol. The lowest BCUT2D eigenvalue weighted by Crippen LogP contribution is -2.51. The Morgan fingerprint density at radius 3 is 2.55 bits per heavy atom. The van der Waals surface area contributed by atoms with Crippen molar-refractivity contribution in [3.63, 3.8) is 0 Å². The number of hydrogen-bond donors (Lipinski definition) is 2. The molecule has 3 aromatic rings. The highest BCUT2D eigenvalue weighted by Gasteiger charge is 2.37. The van der Waals surface area contributed by atoms with E-state index < -0.39 is 29.9 Å². The second-order valence-electron chi connectivity index (χ2n) is 9.71. The normalized spacial score (nSPS) is 17.6. The number of carbonyl (C=O) groups is 4. The highest BCUT2D eigenvalue weighted by molar-refractivity contribution is 6.06. The molecule has 38 heavy (non-hydrogen) atoms. The van der Waals surface area contributed by atoms with Crippen molar-refractivity contribution >= 4 is 34.5 Å². The number of nitrogens with zero attached hydrogens (tertiary/aromatic N) is 2. The van der Waals surface area contributed by atoms with Gasteiger partial charge in [-0.15, -0.1) is 0 Å². The van der Waals surface area contributed by atoms with Crippen LogP contribution >= 0.6 is 0 Å². The van der Waals surface area contributed by atoms with Crippen LogP contribution in [0.5, 0.6) is 0 Å². The highest BCUT2D eigenvalue weighted by Crippen LogP contribution is 2.27. The van der Waals surface area contributed by atoms with Crippen LogP contribution in [0.15, 0.2) is 54.6 Å². The molecule has 2 N–H and O–H groups in total. The first kappa shape index (κ1) is 27.0. The van der Waals surface area contributed by atoms with Gasteiger partial charge in [-0.25, -0.2) is 0 Å². The highest BCUT2D eigenvalue weighted by atomic mass is 16.5. The first-order valence-electron chi connectivity index (χ1n) is 13.2. The number of ketones is 1. The Kier molecular flexibility index (Phi) is 8.89. The van der Waals surface area contributed by atoms with Crippen molar-refractivity contribution in [2.24, 2.45) is 13.0 Å². The smallest absolute Gasteiger partial charge is 0.311 e. The van der Waals surface area contributed by atoms with Crippen LogP contribution in [0.3, 0.4) is 0 Å². The molecule has 3 atom stereocenters. The summed E-state index contributed by atoms with van der Waals surface area (Å²) >= 11 is 0. The van der Waals surface area contributed by atoms with Crippen LogP contribution in [-0.2, 0) is 21.4 Å². The third-order valence-corrected chi connectivity index (χ3v) is 7.03. The Labute approximate surface area is 221 Å². The topological polar surface area (TPSA) is 119 Å². The predicted molar refractivity (Wildman–Crippen MR) is 142 cm³/mol. The summed E-state index contributed by atoms with van der Waals surface area (Å²) in [5, 5.41) is 10.9. The van der Waals surface area contributed by atoms with Gasteiger partial charge in [-0.2, -0.15) is 5.10 Å². The molecule has 1 aliphatic rings. The van der Waals surface area contributed by atoms with E-state index in [2.05, 4.69) is 15.7 Å². The molecule has 2 amide bonds. The van der Waals surface area contributed by atoms with E-state index in [1.807, 2.05) is 37.3 Å². The maximum atomic E-state index is 13.3. The summed E-state index contributed by atoms with van der Waals surface area (Å²) in [6.45, 7) is 1.68. The summed E-state index contributed by atoms with van der Waals surface area (Å²) in [5.41, 5.74) is 1.57. The van der Waals surface area contributed by atoms with Crippen LogP contribution in [0.2, 0.25) is 0 Å². The first-order valence-corrected chi connectivity index (χ1v) is 13.2. The molecule has 0 unspecified atom stereocenters. The van der Waals surface area contributed by atoms with Gasteiger partial charge in [0, 0.05) is 24.0 Å². The van der Waals surface area contributed by atoms with E-state index in [0.717, 1.165) is 24.8 Å². The number of rotatable bonds is 11. The van der Waals surface area contributed by atoms with Crippen molar-refractivity contribution in [2.45, 2.75) is 57.5 Å². The van der Waals surface area contributed by atoms with Crippen LogP contribution in [0, 0.1) is 5.92 Å². The molecule has 1 fully saturated rings. The molecule has 1 saturated carbocycles. The number of para-hydroxylation sites is 1. The molecule has 9 heteroatoms. The molecule has 1 aliphatic carbocycles. The van der Waals surface area contributed by atoms with Gasteiger partial charge in [-0.3, -0.25) is 23.9 Å². The van der Waals surface area contributed by atoms with Crippen molar-refractivity contribution in [3.8, 4) is 0 Å². The maximum absolute atomic E-state index is 13.3. The summed E-state index contributed by atoms with van der Waals surface area (Å²) in [7, 11) is 1.77. The summed E-state index contributed by atoms with van der Waals surface area (Å²) in [6, 6.07) is 14.9. The average molecular weight is 519 g/mol. The van der Waals surface area contributed by atoms with E-state index in [-0.39, 0.29) is 24.0 Å². The van der Waals surface area contributed by atoms with E-state index in [1.54, 1.807) is 36.0 Å². The number of esters is 1. The van der Waals surface area contributed by atoms with Gasteiger partial charge in [0.25, 0.3) is 5.91 Å². The lowest BCUT2D eigenvalue weighted by atomic mass is 10.0. The number of unbranched alkanes of at least 4 members (excludes halogenated alkanes) is 1. The standard InChI is InChI=1S/C29H34N4O5/c1-3-4-15-23(31-28(36)26-21-13-8-9-17-24(21)33(2)32-26)27(35)30-22-16-10-14-20(22)29(37)38-18-25(34)19-11-6-5-7-12-19/h5-9,11-13,17,20,22-23H,3-4,10,14-16,18H2,1-2H3,(H,30,35)(H,31,36)/t20-,22+,23+/m1/s1. The Bertz CT molecular complexity index is 1300. The average Bonchev–Trinajstić information content (AvgIpc) is 3.54. The Balaban J connectivity index is 1.39. The molecule has 200 valence electrons. The summed E-state index contributed by atoms with van der Waals surface area (Å²) in [6.07, 6.45) is 4.02. The van der Waals surface area contributed by atoms with E-state index in [0.29, 0.717) is 30.2 Å². The molecule has 2 aromatic carbocycles. The van der Waals surface area contributed by atoms with Crippen LogP contribution in [-0.4, -0.2) is 52.0 Å². The van der Waals surface area contributed by atoms with Gasteiger partial charge < -0.3 is 15.4 Å². The van der Waals surface area contributed by atoms with Crippen molar-refractivity contribution in [1.82, 2.24) is 20.4 Å². The Morgan fingerprint density at radius 2 is 1.79 bits per heavy atom. The van der Waals surface area contributed by atoms with Gasteiger partial charge >= 0.3 is 5.97 Å². The van der Waals surface area contributed by atoms with Crippen molar-refractivity contribution in [1.29, 1.82) is 0 Å². The molecular formula is C29H34N4O5. The molecule has 0 radical (unpaired) electrons. The SMILES string of the molecule is CCCC[C@H](NC(=O)c1nn(C)c2ccccc12)C(=O)N[C@H]1CCC[C@H]1C(=O)OCC(=O)c1ccccc1. The number of fused-ring (bicyclic) bond motifs is 1. The third kappa shape index (κ3) is 6.27. The van der Waals surface area contributed by atoms with E-state index in [4.69, 9.17) is 4.74 Å². The number of amides is 2. The van der Waals surface area contributed by atoms with Gasteiger partial charge in [0.15, 0.2) is 18.1 Å². The zero-order valence-electron chi connectivity index (χ0n) is 21.8. The Morgan fingerprint density at radius 1 is 1.05 bits per heavy atom. The van der Waals surface area contributed by atoms with E-state index in [1.165, 1.54) is 0 Å². The fourth-order valence-electron chi connectivity index (χ4n) is 4.93. The first-order chi connectivity index (χ1) is 18.4. The van der Waals surface area contributed by atoms with Gasteiger partial charge in [-0.1, -0.05) is 74.7 Å². The molecule has 1 heterocycles. The van der Waals surface area contributed by atoms with Crippen LogP contribution in [0.1, 0.15) is 66.3 Å². The van der Waals surface area contributed by atoms with Crippen LogP contribution in [0.4, 0.5) is 0 Å². The minimum atomic E-state index is -0.764. The minimum absolute atomic E-state index is 0.266. The maximum Gasteiger partial charge on any atom is 0.311 e. The summed E-state index contributed by atoms with van der Waals surface area (Å²) < 4.78 is 6.97. The predicted octanol–water partition coefficient (Wildman–Crippen LogP) is 3.57. The van der Waals surface area contributed by atoms with Crippen molar-refractivity contribution in [3.05, 3.63) is 65.9 Å². The number of nitrogens with one attached hydrogen (secondary N) is 2. The minimum Gasteiger partial charge on any atom is -0.457 e. The van der Waals surface area contributed by atoms with Crippen LogP contribution in [0.25, 0.3) is 10.9 Å². The fraction of sp³-hybridized carbons (Fsp3) is 0.414. The van der Waals surface area contributed by atoms with Gasteiger partial charge in [0.2, 0.25) is 5.91 Å². The summed E-state index contributed by atoms with van der Waals surface area (Å²) in [5.74, 6) is -2.06. The van der Waals surface area contributed by atoms with Crippen LogP contribution < -0.4 is 10.6 Å². The summed E-state index contributed by atoms with van der Waals surface area (Å²) in [4.78, 5) is 51.6. The molecule has 1 aromatic heterocycles. The second-order valence-corrected chi connectivity index (χ2v) is 9.71. The molecule has 0 bridgehead atoms. The quantitative estimate of drug-likeness (QED) is 0.296. The lowest BCUT2D eigenvalue weighted by Gasteiger charge is -2.24. The van der Waals surface area contributed by atoms with Gasteiger partial charge in [0.1, 0.15) is 6.04 Å². The largest absolute Gasteiger partial charge is 0.457 e. The molecule has 0 saturated heterocycles. The number of ether oxygens (including phenoxy) is 1. The van der Waals surface area contributed by atoms with Gasteiger partial charge in [-0.05, 0) is 25.3 Å². The molecule has 9 nitrogen and oxygen atoms in total. The van der Waals surface area contributed by atoms with Crippen molar-refractivity contribution in [2.75, 3.05) is 6.61 Å². The fourth-order valence-corrected chi connectivity index (χ4v) is 4.93. The second kappa shape index (κ2) is 12.5. The zero-order valence-corrected chi connectivity index (χ0v) is 21.8. The lowest BCUT2D eigenvalue weighted by molar-refractivity contribution is -0.148. The molecule has 0 spiro atoms. The van der Waals surface area contributed by atoms with E-state index in [9.17, 15) is 19.2 Å². The zero-order chi connectivity index (χ0) is 27.1. The number of hydrogen-bond acceptors (Lipinski definition) is 6. The molecule has 4 rings (SSSR count). The monoisotopic (exact) mass is 518 g/mol. The third-order valence-electron chi connectivity index (χ3n) is 7.03. The number of aryl methyl sites for hydroxylation is 1. The number of carbonyl (C=O) groups excluding carboxylic acids is 4. The van der Waals surface area contributed by atoms with E-state index >= 15 is 0 Å². The number of benzene rings is 2. The Hall–Kier alpha value is -4.01. The van der Waals surface area contributed by atoms with Crippen molar-refractivity contribution < 1.29 is 23.9 Å². The number of aromatic nitrogens is 2. The van der Waals surface area contributed by atoms with Gasteiger partial charge in [0.05, 0.1) is 11.4 Å². The molecule has 0 aliphatic heterocycles. The number of Topliss-reactive ketones (excluding diaryl/α,β-unsaturated/α-hetero) is 1.